The van der Waals surface area contributed by atoms with Gasteiger partial charge in [-0.1, -0.05) is 35.3 Å². The number of nitrogens with zero attached hydrogens (tertiary/aromatic N) is 2. The number of para-hydroxylation sites is 1. The highest BCUT2D eigenvalue weighted by molar-refractivity contribution is 6.32. The standard InChI is InChI=1S/C16H11Cl2N3O/c17-11-7-5-10(6-8-11)15(22)12-9-20-21(16(12)19)14-4-2-1-3-13(14)18/h1-9H,19H2. The molecular weight excluding hydrogens is 321 g/mol. The smallest absolute Gasteiger partial charge is 0.198 e. The number of ketones is 1. The second-order valence-electron chi connectivity index (χ2n) is 4.64. The largest absolute Gasteiger partial charge is 0.383 e. The molecule has 0 aliphatic rings. The molecule has 0 saturated carbocycles. The van der Waals surface area contributed by atoms with E-state index in [1.54, 1.807) is 36.4 Å². The minimum atomic E-state index is -0.215. The number of nitrogens with two attached hydrogens (primary N) is 1. The van der Waals surface area contributed by atoms with Gasteiger partial charge in [-0.2, -0.15) is 5.10 Å². The zero-order valence-corrected chi connectivity index (χ0v) is 12.8. The molecular formula is C16H11Cl2N3O. The van der Waals surface area contributed by atoms with Crippen molar-refractivity contribution in [1.29, 1.82) is 0 Å². The minimum Gasteiger partial charge on any atom is -0.383 e. The Bertz CT molecular complexity index is 841. The van der Waals surface area contributed by atoms with Crippen molar-refractivity contribution in [2.45, 2.75) is 0 Å². The Hall–Kier alpha value is -2.30. The van der Waals surface area contributed by atoms with Crippen LogP contribution in [0.4, 0.5) is 5.82 Å². The van der Waals surface area contributed by atoms with E-state index in [0.717, 1.165) is 0 Å². The summed E-state index contributed by atoms with van der Waals surface area (Å²) in [6, 6.07) is 13.8. The first-order chi connectivity index (χ1) is 10.6. The molecule has 1 aromatic heterocycles. The van der Waals surface area contributed by atoms with Gasteiger partial charge >= 0.3 is 0 Å². The second-order valence-corrected chi connectivity index (χ2v) is 5.49. The van der Waals surface area contributed by atoms with Crippen LogP contribution >= 0.6 is 23.2 Å². The minimum absolute atomic E-state index is 0.215. The van der Waals surface area contributed by atoms with E-state index in [-0.39, 0.29) is 11.6 Å². The van der Waals surface area contributed by atoms with E-state index in [9.17, 15) is 4.79 Å². The quantitative estimate of drug-likeness (QED) is 0.738. The highest BCUT2D eigenvalue weighted by atomic mass is 35.5. The van der Waals surface area contributed by atoms with Gasteiger partial charge in [-0.3, -0.25) is 4.79 Å². The summed E-state index contributed by atoms with van der Waals surface area (Å²) in [5, 5.41) is 5.24. The number of carbonyl (C=O) groups excluding carboxylic acids is 1. The molecule has 1 heterocycles. The summed E-state index contributed by atoms with van der Waals surface area (Å²) in [5.41, 5.74) is 7.51. The van der Waals surface area contributed by atoms with Gasteiger partial charge in [0.25, 0.3) is 0 Å². The van der Waals surface area contributed by atoms with Gasteiger partial charge in [0.05, 0.1) is 22.5 Å². The third-order valence-corrected chi connectivity index (χ3v) is 3.81. The van der Waals surface area contributed by atoms with Crippen LogP contribution in [0.2, 0.25) is 10.0 Å². The topological polar surface area (TPSA) is 60.9 Å². The molecule has 0 fully saturated rings. The number of anilines is 1. The SMILES string of the molecule is Nc1c(C(=O)c2ccc(Cl)cc2)cnn1-c1ccccc1Cl. The number of nitrogen functional groups attached to an aromatic ring is 1. The van der Waals surface area contributed by atoms with Gasteiger partial charge in [0.15, 0.2) is 5.78 Å². The maximum absolute atomic E-state index is 12.5. The third kappa shape index (κ3) is 2.58. The zero-order valence-electron chi connectivity index (χ0n) is 11.3. The van der Waals surface area contributed by atoms with Crippen LogP contribution in [0, 0.1) is 0 Å². The number of hydrogen-bond acceptors (Lipinski definition) is 3. The highest BCUT2D eigenvalue weighted by Crippen LogP contribution is 2.25. The Balaban J connectivity index is 2.02. The molecule has 0 unspecified atom stereocenters. The van der Waals surface area contributed by atoms with E-state index in [1.807, 2.05) is 12.1 Å². The number of hydrogen-bond donors (Lipinski definition) is 1. The molecule has 2 aromatic carbocycles. The van der Waals surface area contributed by atoms with E-state index >= 15 is 0 Å². The molecule has 0 amide bonds. The number of aromatic nitrogens is 2. The van der Waals surface area contributed by atoms with Gasteiger partial charge in [0, 0.05) is 10.6 Å². The van der Waals surface area contributed by atoms with Gasteiger partial charge in [0.1, 0.15) is 5.82 Å². The van der Waals surface area contributed by atoms with Crippen molar-refractivity contribution in [2.24, 2.45) is 0 Å². The van der Waals surface area contributed by atoms with Crippen molar-refractivity contribution in [1.82, 2.24) is 9.78 Å². The number of rotatable bonds is 3. The van der Waals surface area contributed by atoms with Crippen LogP contribution in [-0.4, -0.2) is 15.6 Å². The highest BCUT2D eigenvalue weighted by Gasteiger charge is 2.18. The van der Waals surface area contributed by atoms with Crippen molar-refractivity contribution >= 4 is 34.8 Å². The molecule has 0 atom stereocenters. The van der Waals surface area contributed by atoms with Crippen molar-refractivity contribution in [3.8, 4) is 5.69 Å². The number of halogens is 2. The molecule has 0 saturated heterocycles. The molecule has 22 heavy (non-hydrogen) atoms. The molecule has 4 nitrogen and oxygen atoms in total. The maximum Gasteiger partial charge on any atom is 0.198 e. The van der Waals surface area contributed by atoms with Crippen LogP contribution in [0.1, 0.15) is 15.9 Å². The molecule has 0 bridgehead atoms. The summed E-state index contributed by atoms with van der Waals surface area (Å²) in [6.45, 7) is 0. The summed E-state index contributed by atoms with van der Waals surface area (Å²) in [7, 11) is 0. The van der Waals surface area contributed by atoms with Crippen LogP contribution < -0.4 is 5.73 Å². The fourth-order valence-corrected chi connectivity index (χ4v) is 2.45. The third-order valence-electron chi connectivity index (χ3n) is 3.24. The first-order valence-corrected chi connectivity index (χ1v) is 7.22. The Labute approximate surface area is 137 Å². The molecule has 0 aliphatic carbocycles. The summed E-state index contributed by atoms with van der Waals surface area (Å²) >= 11 is 12.0. The monoisotopic (exact) mass is 331 g/mol. The van der Waals surface area contributed by atoms with Crippen LogP contribution in [0.25, 0.3) is 5.69 Å². The fraction of sp³-hybridized carbons (Fsp3) is 0. The van der Waals surface area contributed by atoms with Crippen molar-refractivity contribution < 1.29 is 4.79 Å². The van der Waals surface area contributed by atoms with Crippen LogP contribution in [0.5, 0.6) is 0 Å². The summed E-state index contributed by atoms with van der Waals surface area (Å²) < 4.78 is 1.45. The Morgan fingerprint density at radius 1 is 1.05 bits per heavy atom. The molecule has 110 valence electrons. The summed E-state index contributed by atoms with van der Waals surface area (Å²) in [6.07, 6.45) is 1.44. The second kappa shape index (κ2) is 5.83. The fourth-order valence-electron chi connectivity index (χ4n) is 2.11. The van der Waals surface area contributed by atoms with E-state index in [1.165, 1.54) is 10.9 Å². The van der Waals surface area contributed by atoms with E-state index < -0.39 is 0 Å². The van der Waals surface area contributed by atoms with Gasteiger partial charge < -0.3 is 5.73 Å². The average Bonchev–Trinajstić information content (AvgIpc) is 2.89. The van der Waals surface area contributed by atoms with E-state index in [2.05, 4.69) is 5.10 Å². The first-order valence-electron chi connectivity index (χ1n) is 6.46. The van der Waals surface area contributed by atoms with Gasteiger partial charge in [0.2, 0.25) is 0 Å². The summed E-state index contributed by atoms with van der Waals surface area (Å²) in [5.74, 6) is 0.0283. The first kappa shape index (κ1) is 14.6. The van der Waals surface area contributed by atoms with Crippen molar-refractivity contribution in [3.63, 3.8) is 0 Å². The molecule has 0 aliphatic heterocycles. The number of carbonyl (C=O) groups is 1. The molecule has 2 N–H and O–H groups in total. The van der Waals surface area contributed by atoms with Crippen molar-refractivity contribution in [2.75, 3.05) is 5.73 Å². The lowest BCUT2D eigenvalue weighted by Gasteiger charge is -2.07. The maximum atomic E-state index is 12.5. The van der Waals surface area contributed by atoms with Crippen LogP contribution in [0.3, 0.4) is 0 Å². The predicted molar refractivity (Wildman–Crippen MR) is 87.9 cm³/mol. The van der Waals surface area contributed by atoms with E-state index in [0.29, 0.717) is 26.9 Å². The molecule has 3 rings (SSSR count). The lowest BCUT2D eigenvalue weighted by molar-refractivity contribution is 0.103. The van der Waals surface area contributed by atoms with Gasteiger partial charge in [-0.15, -0.1) is 0 Å². The molecule has 0 radical (unpaired) electrons. The summed E-state index contributed by atoms with van der Waals surface area (Å²) in [4.78, 5) is 12.5. The zero-order chi connectivity index (χ0) is 15.7. The van der Waals surface area contributed by atoms with Crippen LogP contribution in [0.15, 0.2) is 54.7 Å². The lowest BCUT2D eigenvalue weighted by Crippen LogP contribution is -2.07. The lowest BCUT2D eigenvalue weighted by atomic mass is 10.1. The van der Waals surface area contributed by atoms with Crippen LogP contribution in [-0.2, 0) is 0 Å². The molecule has 6 heteroatoms. The Morgan fingerprint density at radius 3 is 2.41 bits per heavy atom. The Kier molecular flexibility index (Phi) is 3.88. The predicted octanol–water partition coefficient (Wildman–Crippen LogP) is 3.99. The Morgan fingerprint density at radius 2 is 1.73 bits per heavy atom. The number of benzene rings is 2. The average molecular weight is 332 g/mol. The van der Waals surface area contributed by atoms with Gasteiger partial charge in [-0.25, -0.2) is 4.68 Å². The van der Waals surface area contributed by atoms with Crippen molar-refractivity contribution in [3.05, 3.63) is 75.9 Å². The normalized spacial score (nSPS) is 10.6. The van der Waals surface area contributed by atoms with Gasteiger partial charge in [-0.05, 0) is 36.4 Å². The van der Waals surface area contributed by atoms with E-state index in [4.69, 9.17) is 28.9 Å². The molecule has 0 spiro atoms. The molecule has 3 aromatic rings.